The molecular formula is C34H43FN6O4. The van der Waals surface area contributed by atoms with Crippen LogP contribution in [0.3, 0.4) is 0 Å². The number of pyridine rings is 1. The number of rotatable bonds is 6. The molecular weight excluding hydrogens is 575 g/mol. The Bertz CT molecular complexity index is 1600. The third-order valence-electron chi connectivity index (χ3n) is 9.98. The van der Waals surface area contributed by atoms with Crippen LogP contribution in [0.25, 0.3) is 22.2 Å². The number of amides is 1. The van der Waals surface area contributed by atoms with E-state index in [0.717, 1.165) is 57.2 Å². The molecule has 4 aliphatic heterocycles. The Kier molecular flexibility index (Phi) is 7.49. The fourth-order valence-electron chi connectivity index (χ4n) is 7.97. The lowest BCUT2D eigenvalue weighted by molar-refractivity contribution is 0.0122. The van der Waals surface area contributed by atoms with E-state index in [2.05, 4.69) is 19.8 Å². The van der Waals surface area contributed by atoms with Crippen LogP contribution in [0, 0.1) is 12.7 Å². The van der Waals surface area contributed by atoms with Gasteiger partial charge in [0.15, 0.2) is 5.82 Å². The first kappa shape index (κ1) is 30.0. The Balaban J connectivity index is 1.27. The van der Waals surface area contributed by atoms with Gasteiger partial charge in [-0.25, -0.2) is 9.18 Å². The normalized spacial score (nSPS) is 22.6. The summed E-state index contributed by atoms with van der Waals surface area (Å²) in [7, 11) is 1.58. The monoisotopic (exact) mass is 618 g/mol. The lowest BCUT2D eigenvalue weighted by Gasteiger charge is -2.42. The average molecular weight is 619 g/mol. The number of carbonyl (C=O) groups excluding carboxylic acids is 1. The molecule has 0 unspecified atom stereocenters. The van der Waals surface area contributed by atoms with E-state index in [-0.39, 0.29) is 40.9 Å². The number of anilines is 1. The van der Waals surface area contributed by atoms with Crippen molar-refractivity contribution in [3.63, 3.8) is 0 Å². The molecule has 11 heteroatoms. The summed E-state index contributed by atoms with van der Waals surface area (Å²) in [6, 6.07) is 5.70. The van der Waals surface area contributed by atoms with Crippen molar-refractivity contribution < 1.29 is 23.4 Å². The Morgan fingerprint density at radius 2 is 1.80 bits per heavy atom. The van der Waals surface area contributed by atoms with Crippen molar-refractivity contribution in [1.29, 1.82) is 0 Å². The Hall–Kier alpha value is -3.73. The van der Waals surface area contributed by atoms with Crippen LogP contribution in [-0.4, -0.2) is 94.0 Å². The van der Waals surface area contributed by atoms with Gasteiger partial charge in [-0.15, -0.1) is 0 Å². The van der Waals surface area contributed by atoms with Gasteiger partial charge in [0.25, 0.3) is 0 Å². The summed E-state index contributed by atoms with van der Waals surface area (Å²) in [6.45, 7) is 11.3. The maximum absolute atomic E-state index is 16.6. The van der Waals surface area contributed by atoms with E-state index < -0.39 is 11.4 Å². The van der Waals surface area contributed by atoms with E-state index in [1.54, 1.807) is 13.3 Å². The van der Waals surface area contributed by atoms with Crippen molar-refractivity contribution in [1.82, 2.24) is 24.8 Å². The zero-order valence-corrected chi connectivity index (χ0v) is 26.9. The molecule has 0 N–H and O–H groups in total. The predicted octanol–water partition coefficient (Wildman–Crippen LogP) is 5.74. The fraction of sp³-hybridized carbons (Fsp3) is 0.588. The summed E-state index contributed by atoms with van der Waals surface area (Å²) in [5.41, 5.74) is 1.21. The number of aryl methyl sites for hydroxylation is 1. The Morgan fingerprint density at radius 3 is 2.47 bits per heavy atom. The molecule has 4 fully saturated rings. The number of methoxy groups -OCH3 is 1. The third kappa shape index (κ3) is 5.32. The van der Waals surface area contributed by atoms with Gasteiger partial charge in [0, 0.05) is 24.8 Å². The molecule has 0 radical (unpaired) electrons. The average Bonchev–Trinajstić information content (AvgIpc) is 3.66. The zero-order valence-electron chi connectivity index (χ0n) is 26.9. The number of nitrogens with zero attached hydrogens (tertiary/aromatic N) is 6. The van der Waals surface area contributed by atoms with Gasteiger partial charge in [0.1, 0.15) is 35.0 Å². The SMILES string of the molecule is COc1c(C)cccc1-c1ncc2c(N3C[C@H]4CC[C@@H](C3)N4C(=O)OC(C)(C)C)nc(OCC34CCCN3CCC4)nc2c1F. The van der Waals surface area contributed by atoms with Gasteiger partial charge in [0.05, 0.1) is 30.1 Å². The topological polar surface area (TPSA) is 93.2 Å². The first-order chi connectivity index (χ1) is 21.6. The van der Waals surface area contributed by atoms with Crippen LogP contribution in [-0.2, 0) is 4.74 Å². The number of hydrogen-bond donors (Lipinski definition) is 0. The number of halogens is 1. The third-order valence-corrected chi connectivity index (χ3v) is 9.98. The van der Waals surface area contributed by atoms with Crippen molar-refractivity contribution in [3.05, 3.63) is 35.8 Å². The van der Waals surface area contributed by atoms with Gasteiger partial charge in [-0.05, 0) is 90.9 Å². The summed E-state index contributed by atoms with van der Waals surface area (Å²) in [5, 5.41) is 0.516. The van der Waals surface area contributed by atoms with Gasteiger partial charge >= 0.3 is 12.1 Å². The number of hydrogen-bond acceptors (Lipinski definition) is 9. The van der Waals surface area contributed by atoms with E-state index in [4.69, 9.17) is 19.2 Å². The van der Waals surface area contributed by atoms with Crippen molar-refractivity contribution in [2.45, 2.75) is 89.4 Å². The van der Waals surface area contributed by atoms with Crippen LogP contribution in [0.2, 0.25) is 0 Å². The molecule has 4 saturated heterocycles. The highest BCUT2D eigenvalue weighted by atomic mass is 19.1. The number of aromatic nitrogens is 3. The summed E-state index contributed by atoms with van der Waals surface area (Å²) < 4.78 is 34.4. The molecule has 1 aromatic carbocycles. The van der Waals surface area contributed by atoms with Gasteiger partial charge in [-0.3, -0.25) is 14.8 Å². The number of piperazine rings is 1. The second kappa shape index (κ2) is 11.3. The molecule has 2 aromatic heterocycles. The molecule has 45 heavy (non-hydrogen) atoms. The maximum atomic E-state index is 16.6. The second-order valence-corrected chi connectivity index (χ2v) is 14.1. The summed E-state index contributed by atoms with van der Waals surface area (Å²) >= 11 is 0. The van der Waals surface area contributed by atoms with E-state index in [1.165, 1.54) is 0 Å². The molecule has 4 aliphatic rings. The highest BCUT2D eigenvalue weighted by Gasteiger charge is 2.46. The molecule has 3 aromatic rings. The van der Waals surface area contributed by atoms with Gasteiger partial charge in [-0.2, -0.15) is 9.97 Å². The van der Waals surface area contributed by atoms with Crippen LogP contribution in [0.4, 0.5) is 15.0 Å². The Morgan fingerprint density at radius 1 is 1.09 bits per heavy atom. The summed E-state index contributed by atoms with van der Waals surface area (Å²) in [4.78, 5) is 33.9. The Labute approximate surface area is 263 Å². The minimum atomic E-state index is -0.572. The molecule has 2 bridgehead atoms. The van der Waals surface area contributed by atoms with Crippen molar-refractivity contribution in [2.75, 3.05) is 44.8 Å². The van der Waals surface area contributed by atoms with Crippen LogP contribution < -0.4 is 14.4 Å². The van der Waals surface area contributed by atoms with E-state index in [1.807, 2.05) is 50.8 Å². The highest BCUT2D eigenvalue weighted by molar-refractivity contribution is 5.92. The number of ether oxygens (including phenoxy) is 3. The van der Waals surface area contributed by atoms with E-state index in [9.17, 15) is 4.79 Å². The second-order valence-electron chi connectivity index (χ2n) is 14.1. The van der Waals surface area contributed by atoms with Gasteiger partial charge < -0.3 is 19.1 Å². The molecule has 7 rings (SSSR count). The summed E-state index contributed by atoms with van der Waals surface area (Å²) in [6.07, 6.45) is 7.58. The highest BCUT2D eigenvalue weighted by Crippen LogP contribution is 2.41. The maximum Gasteiger partial charge on any atom is 0.410 e. The predicted molar refractivity (Wildman–Crippen MR) is 169 cm³/mol. The van der Waals surface area contributed by atoms with Crippen LogP contribution in [0.1, 0.15) is 64.9 Å². The zero-order chi connectivity index (χ0) is 31.5. The largest absolute Gasteiger partial charge is 0.496 e. The molecule has 6 heterocycles. The number of para-hydroxylation sites is 1. The molecule has 0 aliphatic carbocycles. The quantitative estimate of drug-likeness (QED) is 0.343. The van der Waals surface area contributed by atoms with Gasteiger partial charge in [-0.1, -0.05) is 12.1 Å². The molecule has 2 atom stereocenters. The minimum Gasteiger partial charge on any atom is -0.496 e. The van der Waals surface area contributed by atoms with Crippen LogP contribution in [0.5, 0.6) is 11.8 Å². The number of benzene rings is 1. The number of carbonyl (C=O) groups is 1. The molecule has 240 valence electrons. The standard InChI is InChI=1S/C34H43FN6O4/c1-21-9-6-10-24(29(21)43-5)27-26(35)28-25(17-36-27)30(38-31(37-28)44-20-34-13-7-15-40(34)16-8-14-34)39-18-22-11-12-23(19-39)41(22)32(42)45-33(2,3)4/h6,9-10,17,22-23H,7-8,11-16,18-20H2,1-5H3/t22-,23+. The van der Waals surface area contributed by atoms with Gasteiger partial charge in [0.2, 0.25) is 0 Å². The number of fused-ring (bicyclic) bond motifs is 4. The fourth-order valence-corrected chi connectivity index (χ4v) is 7.97. The first-order valence-electron chi connectivity index (χ1n) is 16.2. The van der Waals surface area contributed by atoms with Crippen molar-refractivity contribution in [2.24, 2.45) is 0 Å². The minimum absolute atomic E-state index is 0.00644. The summed E-state index contributed by atoms with van der Waals surface area (Å²) in [5.74, 6) is 0.615. The lowest BCUT2D eigenvalue weighted by atomic mass is 9.95. The lowest BCUT2D eigenvalue weighted by Crippen LogP contribution is -2.57. The smallest absolute Gasteiger partial charge is 0.410 e. The molecule has 10 nitrogen and oxygen atoms in total. The van der Waals surface area contributed by atoms with E-state index >= 15 is 4.39 Å². The molecule has 1 amide bonds. The van der Waals surface area contributed by atoms with Crippen molar-refractivity contribution >= 4 is 22.8 Å². The van der Waals surface area contributed by atoms with Crippen LogP contribution >= 0.6 is 0 Å². The van der Waals surface area contributed by atoms with E-state index in [0.29, 0.717) is 42.2 Å². The van der Waals surface area contributed by atoms with Crippen LogP contribution in [0.15, 0.2) is 24.4 Å². The molecule has 0 saturated carbocycles. The first-order valence-corrected chi connectivity index (χ1v) is 16.2. The molecule has 0 spiro atoms. The van der Waals surface area contributed by atoms with Crippen molar-refractivity contribution in [3.8, 4) is 23.0 Å².